The van der Waals surface area contributed by atoms with Crippen LogP contribution in [0.2, 0.25) is 0 Å². The first-order chi connectivity index (χ1) is 8.77. The molecule has 2 N–H and O–H groups in total. The molecule has 1 rings (SSSR count). The van der Waals surface area contributed by atoms with Gasteiger partial charge in [0.1, 0.15) is 0 Å². The summed E-state index contributed by atoms with van der Waals surface area (Å²) >= 11 is 0. The van der Waals surface area contributed by atoms with E-state index in [2.05, 4.69) is 24.5 Å². The van der Waals surface area contributed by atoms with E-state index in [1.54, 1.807) is 0 Å². The Labute approximate surface area is 112 Å². The molecule has 0 heterocycles. The lowest BCUT2D eigenvalue weighted by atomic mass is 9.83. The van der Waals surface area contributed by atoms with Gasteiger partial charge in [0.15, 0.2) is 0 Å². The molecule has 1 fully saturated rings. The SMILES string of the molecule is CCCCNC(=O)CNC(CC)C1CCCCC1. The van der Waals surface area contributed by atoms with Crippen molar-refractivity contribution in [2.45, 2.75) is 71.3 Å². The zero-order valence-electron chi connectivity index (χ0n) is 12.1. The van der Waals surface area contributed by atoms with Crippen LogP contribution in [0.3, 0.4) is 0 Å². The van der Waals surface area contributed by atoms with Gasteiger partial charge in [-0.2, -0.15) is 0 Å². The summed E-state index contributed by atoms with van der Waals surface area (Å²) in [7, 11) is 0. The molecule has 1 amide bonds. The van der Waals surface area contributed by atoms with Crippen molar-refractivity contribution < 1.29 is 4.79 Å². The summed E-state index contributed by atoms with van der Waals surface area (Å²) in [5.41, 5.74) is 0. The first kappa shape index (κ1) is 15.5. The minimum absolute atomic E-state index is 0.151. The molecule has 1 atom stereocenters. The molecule has 1 saturated carbocycles. The number of amides is 1. The van der Waals surface area contributed by atoms with E-state index < -0.39 is 0 Å². The van der Waals surface area contributed by atoms with Crippen LogP contribution < -0.4 is 10.6 Å². The quantitative estimate of drug-likeness (QED) is 0.654. The number of carbonyl (C=O) groups is 1. The molecule has 1 aliphatic carbocycles. The van der Waals surface area contributed by atoms with Crippen molar-refractivity contribution in [3.05, 3.63) is 0 Å². The van der Waals surface area contributed by atoms with Crippen LogP contribution in [0.5, 0.6) is 0 Å². The van der Waals surface area contributed by atoms with E-state index in [1.807, 2.05) is 0 Å². The number of carbonyl (C=O) groups excluding carboxylic acids is 1. The molecule has 0 aromatic carbocycles. The third kappa shape index (κ3) is 5.85. The maximum Gasteiger partial charge on any atom is 0.233 e. The Morgan fingerprint density at radius 2 is 1.94 bits per heavy atom. The van der Waals surface area contributed by atoms with Gasteiger partial charge in [0.25, 0.3) is 0 Å². The first-order valence-electron chi connectivity index (χ1n) is 7.78. The smallest absolute Gasteiger partial charge is 0.233 e. The second kappa shape index (κ2) is 9.37. The lowest BCUT2D eigenvalue weighted by Gasteiger charge is -2.30. The van der Waals surface area contributed by atoms with Gasteiger partial charge in [0.05, 0.1) is 6.54 Å². The average molecular weight is 254 g/mol. The number of unbranched alkanes of at least 4 members (excludes halogenated alkanes) is 1. The van der Waals surface area contributed by atoms with Gasteiger partial charge in [-0.15, -0.1) is 0 Å². The van der Waals surface area contributed by atoms with Crippen LogP contribution in [0.4, 0.5) is 0 Å². The Morgan fingerprint density at radius 1 is 1.22 bits per heavy atom. The third-order valence-corrected chi connectivity index (χ3v) is 4.04. The summed E-state index contributed by atoms with van der Waals surface area (Å²) in [6, 6.07) is 0.530. The van der Waals surface area contributed by atoms with E-state index >= 15 is 0 Å². The molecule has 3 heteroatoms. The van der Waals surface area contributed by atoms with Gasteiger partial charge >= 0.3 is 0 Å². The number of hydrogen-bond donors (Lipinski definition) is 2. The Kier molecular flexibility index (Phi) is 8.06. The Balaban J connectivity index is 2.19. The molecule has 1 unspecified atom stereocenters. The van der Waals surface area contributed by atoms with Gasteiger partial charge in [-0.1, -0.05) is 39.5 Å². The highest BCUT2D eigenvalue weighted by atomic mass is 16.1. The summed E-state index contributed by atoms with van der Waals surface area (Å²) in [6.45, 7) is 5.66. The highest BCUT2D eigenvalue weighted by Crippen LogP contribution is 2.27. The van der Waals surface area contributed by atoms with E-state index in [0.29, 0.717) is 12.6 Å². The predicted octanol–water partition coefficient (Wildman–Crippen LogP) is 2.85. The minimum atomic E-state index is 0.151. The van der Waals surface area contributed by atoms with E-state index in [0.717, 1.165) is 31.7 Å². The molecule has 0 spiro atoms. The van der Waals surface area contributed by atoms with Crippen LogP contribution in [0.1, 0.15) is 65.2 Å². The average Bonchev–Trinajstić information content (AvgIpc) is 2.41. The molecule has 0 bridgehead atoms. The maximum absolute atomic E-state index is 11.6. The molecule has 1 aliphatic rings. The van der Waals surface area contributed by atoms with Gasteiger partial charge in [0, 0.05) is 12.6 Å². The molecular formula is C15H30N2O. The topological polar surface area (TPSA) is 41.1 Å². The van der Waals surface area contributed by atoms with Crippen LogP contribution in [-0.2, 0) is 4.79 Å². The van der Waals surface area contributed by atoms with Gasteiger partial charge in [-0.05, 0) is 31.6 Å². The fourth-order valence-electron chi connectivity index (χ4n) is 2.87. The summed E-state index contributed by atoms with van der Waals surface area (Å²) < 4.78 is 0. The van der Waals surface area contributed by atoms with Crippen LogP contribution in [0, 0.1) is 5.92 Å². The summed E-state index contributed by atoms with van der Waals surface area (Å²) in [5.74, 6) is 0.935. The molecule has 0 radical (unpaired) electrons. The van der Waals surface area contributed by atoms with E-state index in [4.69, 9.17) is 0 Å². The number of rotatable bonds is 8. The number of nitrogens with one attached hydrogen (secondary N) is 2. The lowest BCUT2D eigenvalue weighted by molar-refractivity contribution is -0.120. The lowest BCUT2D eigenvalue weighted by Crippen LogP contribution is -2.43. The summed E-state index contributed by atoms with van der Waals surface area (Å²) in [4.78, 5) is 11.6. The molecule has 0 saturated heterocycles. The largest absolute Gasteiger partial charge is 0.355 e. The van der Waals surface area contributed by atoms with E-state index in [-0.39, 0.29) is 5.91 Å². The zero-order chi connectivity index (χ0) is 13.2. The molecular weight excluding hydrogens is 224 g/mol. The van der Waals surface area contributed by atoms with Crippen molar-refractivity contribution in [2.75, 3.05) is 13.1 Å². The van der Waals surface area contributed by atoms with Crippen molar-refractivity contribution >= 4 is 5.91 Å². The van der Waals surface area contributed by atoms with E-state index in [1.165, 1.54) is 32.1 Å². The standard InChI is InChI=1S/C15H30N2O/c1-3-5-11-16-15(18)12-17-14(4-2)13-9-7-6-8-10-13/h13-14,17H,3-12H2,1-2H3,(H,16,18). The molecule has 0 aromatic rings. The maximum atomic E-state index is 11.6. The Morgan fingerprint density at radius 3 is 2.56 bits per heavy atom. The van der Waals surface area contributed by atoms with Crippen molar-refractivity contribution in [2.24, 2.45) is 5.92 Å². The van der Waals surface area contributed by atoms with Crippen molar-refractivity contribution in [1.29, 1.82) is 0 Å². The van der Waals surface area contributed by atoms with Crippen molar-refractivity contribution in [3.8, 4) is 0 Å². The second-order valence-electron chi connectivity index (χ2n) is 5.50. The van der Waals surface area contributed by atoms with Crippen molar-refractivity contribution in [1.82, 2.24) is 10.6 Å². The Hall–Kier alpha value is -0.570. The molecule has 3 nitrogen and oxygen atoms in total. The van der Waals surface area contributed by atoms with Gasteiger partial charge in [-0.25, -0.2) is 0 Å². The molecule has 0 aliphatic heterocycles. The summed E-state index contributed by atoms with van der Waals surface area (Å²) in [6.07, 6.45) is 10.1. The second-order valence-corrected chi connectivity index (χ2v) is 5.50. The predicted molar refractivity (Wildman–Crippen MR) is 76.6 cm³/mol. The normalized spacial score (nSPS) is 18.6. The molecule has 106 valence electrons. The highest BCUT2D eigenvalue weighted by molar-refractivity contribution is 5.77. The van der Waals surface area contributed by atoms with E-state index in [9.17, 15) is 4.79 Å². The van der Waals surface area contributed by atoms with Crippen molar-refractivity contribution in [3.63, 3.8) is 0 Å². The summed E-state index contributed by atoms with van der Waals surface area (Å²) in [5, 5.41) is 6.42. The zero-order valence-corrected chi connectivity index (χ0v) is 12.1. The van der Waals surface area contributed by atoms with Gasteiger partial charge in [0.2, 0.25) is 5.91 Å². The number of hydrogen-bond acceptors (Lipinski definition) is 2. The van der Waals surface area contributed by atoms with Gasteiger partial charge < -0.3 is 10.6 Å². The monoisotopic (exact) mass is 254 g/mol. The molecule has 0 aromatic heterocycles. The van der Waals surface area contributed by atoms with Crippen LogP contribution >= 0.6 is 0 Å². The fraction of sp³-hybridized carbons (Fsp3) is 0.933. The first-order valence-corrected chi connectivity index (χ1v) is 7.78. The fourth-order valence-corrected chi connectivity index (χ4v) is 2.87. The van der Waals surface area contributed by atoms with Crippen LogP contribution in [-0.4, -0.2) is 25.0 Å². The third-order valence-electron chi connectivity index (χ3n) is 4.04. The molecule has 18 heavy (non-hydrogen) atoms. The van der Waals surface area contributed by atoms with Crippen LogP contribution in [0.25, 0.3) is 0 Å². The minimum Gasteiger partial charge on any atom is -0.355 e. The highest BCUT2D eigenvalue weighted by Gasteiger charge is 2.22. The van der Waals surface area contributed by atoms with Gasteiger partial charge in [-0.3, -0.25) is 4.79 Å². The Bertz CT molecular complexity index is 225. The van der Waals surface area contributed by atoms with Crippen LogP contribution in [0.15, 0.2) is 0 Å².